The van der Waals surface area contributed by atoms with E-state index >= 15 is 0 Å². The summed E-state index contributed by atoms with van der Waals surface area (Å²) in [7, 11) is 0. The molecule has 0 radical (unpaired) electrons. The highest BCUT2D eigenvalue weighted by molar-refractivity contribution is 6.42. The summed E-state index contributed by atoms with van der Waals surface area (Å²) < 4.78 is 13.2. The van der Waals surface area contributed by atoms with Gasteiger partial charge in [-0.25, -0.2) is 9.18 Å². The number of hydrogen-bond acceptors (Lipinski definition) is 2. The average molecular weight is 239 g/mol. The molecule has 0 amide bonds. The molecule has 3 nitrogen and oxygen atoms in total. The molecule has 0 fully saturated rings. The van der Waals surface area contributed by atoms with Crippen molar-refractivity contribution in [1.82, 2.24) is 0 Å². The molecule has 0 saturated carbocycles. The van der Waals surface area contributed by atoms with Crippen molar-refractivity contribution in [3.8, 4) is 0 Å². The first-order valence-corrected chi connectivity index (χ1v) is 4.25. The molecule has 14 heavy (non-hydrogen) atoms. The van der Waals surface area contributed by atoms with Gasteiger partial charge >= 0.3 is 5.97 Å². The molecule has 1 atom stereocenters. The first kappa shape index (κ1) is 11.2. The monoisotopic (exact) mass is 238 g/mol. The lowest BCUT2D eigenvalue weighted by Crippen LogP contribution is -2.12. The lowest BCUT2D eigenvalue weighted by molar-refractivity contribution is -0.147. The number of aliphatic hydroxyl groups is 1. The van der Waals surface area contributed by atoms with Gasteiger partial charge in [-0.15, -0.1) is 0 Å². The Kier molecular flexibility index (Phi) is 3.31. The van der Waals surface area contributed by atoms with E-state index in [0.29, 0.717) is 0 Å². The van der Waals surface area contributed by atoms with Crippen LogP contribution in [-0.4, -0.2) is 16.2 Å². The van der Waals surface area contributed by atoms with Crippen LogP contribution in [0.4, 0.5) is 4.39 Å². The molecular weight excluding hydrogens is 234 g/mol. The predicted molar refractivity (Wildman–Crippen MR) is 49.0 cm³/mol. The number of carboxylic acid groups (broad SMARTS) is 1. The zero-order valence-electron chi connectivity index (χ0n) is 6.67. The van der Waals surface area contributed by atoms with E-state index in [2.05, 4.69) is 0 Å². The summed E-state index contributed by atoms with van der Waals surface area (Å²) >= 11 is 10.9. The molecule has 0 spiro atoms. The van der Waals surface area contributed by atoms with E-state index in [4.69, 9.17) is 33.4 Å². The highest BCUT2D eigenvalue weighted by Gasteiger charge is 2.22. The van der Waals surface area contributed by atoms with Gasteiger partial charge in [-0.3, -0.25) is 0 Å². The van der Waals surface area contributed by atoms with Gasteiger partial charge < -0.3 is 10.2 Å². The fraction of sp³-hybridized carbons (Fsp3) is 0.125. The van der Waals surface area contributed by atoms with Gasteiger partial charge in [0.15, 0.2) is 6.10 Å². The molecule has 1 aromatic rings. The molecule has 0 aliphatic carbocycles. The fourth-order valence-electron chi connectivity index (χ4n) is 0.885. The second-order valence-corrected chi connectivity index (χ2v) is 3.29. The van der Waals surface area contributed by atoms with E-state index in [9.17, 15) is 9.18 Å². The minimum Gasteiger partial charge on any atom is -0.479 e. The maximum absolute atomic E-state index is 13.2. The van der Waals surface area contributed by atoms with Crippen molar-refractivity contribution in [2.45, 2.75) is 6.10 Å². The van der Waals surface area contributed by atoms with Crippen molar-refractivity contribution in [2.24, 2.45) is 0 Å². The molecule has 1 rings (SSSR count). The Balaban J connectivity index is 3.24. The summed E-state index contributed by atoms with van der Waals surface area (Å²) in [5.41, 5.74) is -0.410. The number of aliphatic carboxylic acids is 1. The van der Waals surface area contributed by atoms with Crippen LogP contribution in [0.1, 0.15) is 11.7 Å². The molecular formula is C8H5Cl2FO3. The third kappa shape index (κ3) is 1.97. The number of carbonyl (C=O) groups is 1. The number of carboxylic acids is 1. The van der Waals surface area contributed by atoms with E-state index in [1.54, 1.807) is 0 Å². The normalized spacial score (nSPS) is 12.6. The molecule has 2 N–H and O–H groups in total. The first-order valence-electron chi connectivity index (χ1n) is 3.49. The zero-order valence-corrected chi connectivity index (χ0v) is 8.18. The highest BCUT2D eigenvalue weighted by atomic mass is 35.5. The van der Waals surface area contributed by atoms with Gasteiger partial charge in [0, 0.05) is 5.56 Å². The summed E-state index contributed by atoms with van der Waals surface area (Å²) in [6.07, 6.45) is -1.94. The van der Waals surface area contributed by atoms with Crippen molar-refractivity contribution < 1.29 is 19.4 Å². The van der Waals surface area contributed by atoms with E-state index < -0.39 is 28.5 Å². The molecule has 76 valence electrons. The highest BCUT2D eigenvalue weighted by Crippen LogP contribution is 2.30. The van der Waals surface area contributed by atoms with Crippen molar-refractivity contribution in [2.75, 3.05) is 0 Å². The zero-order chi connectivity index (χ0) is 10.9. The lowest BCUT2D eigenvalue weighted by Gasteiger charge is -2.08. The lowest BCUT2D eigenvalue weighted by atomic mass is 10.1. The van der Waals surface area contributed by atoms with Crippen molar-refractivity contribution in [3.05, 3.63) is 33.6 Å². The largest absolute Gasteiger partial charge is 0.479 e. The van der Waals surface area contributed by atoms with Crippen LogP contribution in [0.25, 0.3) is 0 Å². The number of aliphatic hydroxyl groups excluding tert-OH is 1. The van der Waals surface area contributed by atoms with Crippen molar-refractivity contribution in [3.63, 3.8) is 0 Å². The van der Waals surface area contributed by atoms with Crippen LogP contribution in [0.2, 0.25) is 10.0 Å². The van der Waals surface area contributed by atoms with Gasteiger partial charge in [0.05, 0.1) is 10.0 Å². The molecule has 0 aliphatic rings. The minimum atomic E-state index is -1.94. The Morgan fingerprint density at radius 2 is 2.00 bits per heavy atom. The summed E-state index contributed by atoms with van der Waals surface area (Å²) in [5.74, 6) is -2.57. The Morgan fingerprint density at radius 3 is 2.50 bits per heavy atom. The van der Waals surface area contributed by atoms with E-state index in [1.165, 1.54) is 6.07 Å². The van der Waals surface area contributed by atoms with Gasteiger partial charge in [-0.05, 0) is 6.07 Å². The Morgan fingerprint density at radius 1 is 1.43 bits per heavy atom. The molecule has 6 heteroatoms. The summed E-state index contributed by atoms with van der Waals surface area (Å²) in [5, 5.41) is 17.0. The molecule has 0 saturated heterocycles. The second kappa shape index (κ2) is 4.13. The van der Waals surface area contributed by atoms with E-state index in [0.717, 1.165) is 6.07 Å². The maximum atomic E-state index is 13.2. The molecule has 0 aromatic heterocycles. The van der Waals surface area contributed by atoms with Crippen LogP contribution in [0.5, 0.6) is 0 Å². The predicted octanol–water partition coefficient (Wildman–Crippen LogP) is 2.25. The third-order valence-corrected chi connectivity index (χ3v) is 2.37. The van der Waals surface area contributed by atoms with E-state index in [-0.39, 0.29) is 5.02 Å². The fourth-order valence-corrected chi connectivity index (χ4v) is 1.20. The summed E-state index contributed by atoms with van der Waals surface area (Å²) in [6.45, 7) is 0. The van der Waals surface area contributed by atoms with Crippen molar-refractivity contribution in [1.29, 1.82) is 0 Å². The van der Waals surface area contributed by atoms with Crippen LogP contribution >= 0.6 is 23.2 Å². The number of halogens is 3. The van der Waals surface area contributed by atoms with Gasteiger partial charge in [-0.1, -0.05) is 29.3 Å². The number of benzene rings is 1. The molecule has 0 aliphatic heterocycles. The molecule has 0 bridgehead atoms. The van der Waals surface area contributed by atoms with E-state index in [1.807, 2.05) is 0 Å². The van der Waals surface area contributed by atoms with Crippen LogP contribution in [-0.2, 0) is 4.79 Å². The molecule has 0 heterocycles. The number of rotatable bonds is 2. The minimum absolute atomic E-state index is 0.0366. The summed E-state index contributed by atoms with van der Waals surface area (Å²) in [6, 6.07) is 2.29. The van der Waals surface area contributed by atoms with Gasteiger partial charge in [0.2, 0.25) is 0 Å². The van der Waals surface area contributed by atoms with Crippen LogP contribution in [0.15, 0.2) is 12.1 Å². The van der Waals surface area contributed by atoms with Crippen molar-refractivity contribution >= 4 is 29.2 Å². The van der Waals surface area contributed by atoms with Gasteiger partial charge in [0.1, 0.15) is 5.82 Å². The van der Waals surface area contributed by atoms with Gasteiger partial charge in [0.25, 0.3) is 0 Å². The molecule has 0 unspecified atom stereocenters. The Labute approximate surface area is 88.7 Å². The molecule has 1 aromatic carbocycles. The Hall–Kier alpha value is -0.840. The topological polar surface area (TPSA) is 57.5 Å². The van der Waals surface area contributed by atoms with Crippen LogP contribution < -0.4 is 0 Å². The van der Waals surface area contributed by atoms with Crippen LogP contribution in [0, 0.1) is 5.82 Å². The number of hydrogen-bond donors (Lipinski definition) is 2. The Bertz CT molecular complexity index is 381. The van der Waals surface area contributed by atoms with Crippen LogP contribution in [0.3, 0.4) is 0 Å². The SMILES string of the molecule is O=C(O)[C@H](O)c1ccc(Cl)c(Cl)c1F. The maximum Gasteiger partial charge on any atom is 0.337 e. The standard InChI is InChI=1S/C8H5Cl2FO3/c9-4-2-1-3(6(11)5(4)10)7(12)8(13)14/h1-2,7,12H,(H,13,14)/t7-/m1/s1. The quantitative estimate of drug-likeness (QED) is 0.778. The van der Waals surface area contributed by atoms with Gasteiger partial charge in [-0.2, -0.15) is 0 Å². The smallest absolute Gasteiger partial charge is 0.337 e. The first-order chi connectivity index (χ1) is 6.45. The summed E-state index contributed by atoms with van der Waals surface area (Å²) in [4.78, 5) is 10.4. The second-order valence-electron chi connectivity index (χ2n) is 2.51. The third-order valence-electron chi connectivity index (χ3n) is 1.59. The average Bonchev–Trinajstić information content (AvgIpc) is 2.13.